The van der Waals surface area contributed by atoms with Crippen LogP contribution in [0, 0.1) is 20.2 Å². The number of likely N-dealkylation sites (N-methyl/N-ethyl adjacent to an activating group) is 3. The van der Waals surface area contributed by atoms with Crippen molar-refractivity contribution in [2.75, 3.05) is 60.4 Å². The summed E-state index contributed by atoms with van der Waals surface area (Å²) in [6.45, 7) is 5.42. The fourth-order valence-electron chi connectivity index (χ4n) is 11.0. The van der Waals surface area contributed by atoms with E-state index in [1.54, 1.807) is 0 Å². The van der Waals surface area contributed by atoms with Gasteiger partial charge in [-0.3, -0.25) is 20.2 Å². The topological polar surface area (TPSA) is 251 Å². The Balaban J connectivity index is 0.000000252. The second kappa shape index (κ2) is 40.9. The van der Waals surface area contributed by atoms with Gasteiger partial charge in [-0.1, -0.05) is 121 Å². The molecular formula is C69H59Br4Cl3F6HgN5NaO14. The maximum absolute atomic E-state index is 12.7. The predicted molar refractivity (Wildman–Crippen MR) is 380 cm³/mol. The molecule has 538 valence electrons. The summed E-state index contributed by atoms with van der Waals surface area (Å²) in [5.74, 6) is -5.33. The van der Waals surface area contributed by atoms with Crippen molar-refractivity contribution < 1.29 is 136 Å². The fourth-order valence-corrected chi connectivity index (χ4v) is 14.5. The van der Waals surface area contributed by atoms with Gasteiger partial charge in [0.2, 0.25) is 0 Å². The molecular weight excluding hydrogens is 1890 g/mol. The molecule has 3 atom stereocenters. The normalized spacial score (nSPS) is 15.6. The van der Waals surface area contributed by atoms with Crippen molar-refractivity contribution in [1.29, 1.82) is 0 Å². The van der Waals surface area contributed by atoms with Crippen LogP contribution in [0.5, 0.6) is 17.2 Å². The monoisotopic (exact) mass is 1940 g/mol. The number of phenols is 1. The number of rotatable bonds is 11. The van der Waals surface area contributed by atoms with E-state index in [4.69, 9.17) is 44.3 Å². The molecule has 103 heavy (non-hydrogen) atoms. The van der Waals surface area contributed by atoms with Crippen LogP contribution in [-0.4, -0.2) is 132 Å². The number of benzene rings is 8. The Bertz CT molecular complexity index is 4230. The second-order valence-electron chi connectivity index (χ2n) is 23.0. The van der Waals surface area contributed by atoms with Crippen molar-refractivity contribution in [2.45, 2.75) is 49.4 Å². The molecule has 0 aromatic heterocycles. The maximum atomic E-state index is 12.7. The van der Waals surface area contributed by atoms with E-state index in [0.717, 1.165) is 95.3 Å². The Kier molecular flexibility index (Phi) is 35.0. The van der Waals surface area contributed by atoms with Crippen molar-refractivity contribution in [3.05, 3.63) is 269 Å². The Morgan fingerprint density at radius 3 is 1.14 bits per heavy atom. The standard InChI is InChI=1S/C24H20BrClN2O4.C24H21ClN2O4.C17H17BrClNO.2C2HF3O2.Br2.Hg.Na.H2O/c1-27-11-10-17-12-22(26)23(32-24(29)16-4-8-19(9-5-16)28(30)31)13-20(17)21(14-27)15-2-6-18(25)7-3-15;1-26-12-11-18-13-22(25)23(14-20(18)21(15-26)16-5-3-2-4-6-16)31-24(28)17-7-9-19(10-8-17)27(29)30;1-20-7-6-12-8-16(19)17(21)9-14(12)15(10-20)11-2-4-13(18)5-3-11;2*3-2(4,5)1(6)7;1-2;;;/h2-9,12-13,21H,10-11,14H2,1H3;2-10,13-14,21H,11-12,15H2,1H3;2-5,8-9,15,21H,6-7,10H2,1H3;2*(H,6,7);;;;1H2/q;;;;;;+2;+1;/p-3/t2*21-;15-;;;;;;/m111....../s1. The van der Waals surface area contributed by atoms with Crippen molar-refractivity contribution in [2.24, 2.45) is 0 Å². The third-order valence-corrected chi connectivity index (χ3v) is 21.0. The quantitative estimate of drug-likeness (QED) is 0.0315. The number of carbonyl (C=O) groups is 4. The molecule has 0 radical (unpaired) electrons. The number of hydrogen-bond acceptors (Lipinski definition) is 17. The van der Waals surface area contributed by atoms with Crippen LogP contribution >= 0.6 is 94.9 Å². The van der Waals surface area contributed by atoms with Gasteiger partial charge in [0.25, 0.3) is 11.4 Å². The van der Waals surface area contributed by atoms with E-state index in [0.29, 0.717) is 15.1 Å². The van der Waals surface area contributed by atoms with E-state index in [2.05, 4.69) is 150 Å². The molecule has 11 rings (SSSR count). The number of hydrogen-bond donors (Lipinski definition) is 1. The largest absolute Gasteiger partial charge is 1.00 e. The number of carbonyl (C=O) groups excluding carboxylic acids is 4. The zero-order valence-corrected chi connectivity index (χ0v) is 70.9. The summed E-state index contributed by atoms with van der Waals surface area (Å²) in [5.41, 5.74) is 10.7. The summed E-state index contributed by atoms with van der Waals surface area (Å²) < 4.78 is 88.5. The van der Waals surface area contributed by atoms with E-state index in [9.17, 15) is 70.9 Å². The molecule has 2 N–H and O–H groups in total. The number of nitrogens with zero attached hydrogens (tertiary/aromatic N) is 5. The second-order valence-corrected chi connectivity index (χ2v) is 29.3. The SMILES string of the molecule is BrBr.CN1CCc2cc(Cl)c(O)cc2[C@@H](c2ccc(Br)cc2)C1.CN1CCc2cc(Cl)c(OC(=O)c3ccc([N+](=O)[O-])cc3)cc2[C@@H](c2ccc(Br)cc2)C1.CN1CCc2cc(Cl)c(OC(=O)c3ccc([N+](=O)[O-])cc3)cc2[C@@H](c2ccccc2)C1.O=C([O][Hg][O]C(=O)C(F)(F)F)C(F)(F)F.[Na+].[OH-]. The third kappa shape index (κ3) is 25.5. The molecule has 3 heterocycles. The minimum atomic E-state index is -5.30. The molecule has 19 nitrogen and oxygen atoms in total. The third-order valence-electron chi connectivity index (χ3n) is 16.1. The van der Waals surface area contributed by atoms with Crippen LogP contribution in [0.2, 0.25) is 15.1 Å². The number of nitro benzene ring substituents is 2. The number of aromatic hydroxyl groups is 1. The molecule has 0 spiro atoms. The van der Waals surface area contributed by atoms with Crippen LogP contribution in [0.1, 0.15) is 88.5 Å². The van der Waals surface area contributed by atoms with Gasteiger partial charge < -0.3 is 34.8 Å². The zero-order chi connectivity index (χ0) is 74.0. The van der Waals surface area contributed by atoms with Gasteiger partial charge in [0.1, 0.15) is 17.2 Å². The van der Waals surface area contributed by atoms with Gasteiger partial charge in [-0.15, -0.1) is 0 Å². The van der Waals surface area contributed by atoms with Crippen molar-refractivity contribution >= 4 is 130 Å². The maximum Gasteiger partial charge on any atom is 1.00 e. The van der Waals surface area contributed by atoms with E-state index >= 15 is 0 Å². The van der Waals surface area contributed by atoms with Gasteiger partial charge in [0, 0.05) is 118 Å². The van der Waals surface area contributed by atoms with Crippen LogP contribution in [0.4, 0.5) is 37.7 Å². The van der Waals surface area contributed by atoms with Gasteiger partial charge in [-0.2, -0.15) is 0 Å². The molecule has 8 aromatic rings. The molecule has 0 saturated carbocycles. The number of fused-ring (bicyclic) bond motifs is 3. The first-order valence-electron chi connectivity index (χ1n) is 30.2. The molecule has 0 bridgehead atoms. The minimum Gasteiger partial charge on any atom is -0.870 e. The van der Waals surface area contributed by atoms with Crippen LogP contribution in [-0.2, 0) is 59.6 Å². The Hall–Kier alpha value is -5.61. The zero-order valence-electron chi connectivity index (χ0n) is 54.8. The molecule has 0 amide bonds. The minimum absolute atomic E-state index is 0. The number of alkyl halides is 6. The summed E-state index contributed by atoms with van der Waals surface area (Å²) in [5, 5.41) is 32.8. The summed E-state index contributed by atoms with van der Waals surface area (Å²) >= 11 is 27.8. The van der Waals surface area contributed by atoms with Gasteiger partial charge in [-0.05, 0) is 175 Å². The van der Waals surface area contributed by atoms with Gasteiger partial charge in [0.05, 0.1) is 36.0 Å². The number of halogens is 13. The van der Waals surface area contributed by atoms with Gasteiger partial charge >= 0.3 is 132 Å². The number of esters is 2. The Morgan fingerprint density at radius 1 is 0.505 bits per heavy atom. The van der Waals surface area contributed by atoms with Crippen molar-refractivity contribution in [3.8, 4) is 17.2 Å². The van der Waals surface area contributed by atoms with Crippen LogP contribution < -0.4 is 39.0 Å². The van der Waals surface area contributed by atoms with Gasteiger partial charge in [-0.25, -0.2) is 9.59 Å². The fraction of sp³-hybridized carbons (Fsp3) is 0.246. The van der Waals surface area contributed by atoms with E-state index in [-0.39, 0.29) is 92.5 Å². The molecule has 0 saturated heterocycles. The number of non-ortho nitro benzene ring substituents is 2. The average Bonchev–Trinajstić information content (AvgIpc) is 1.80. The van der Waals surface area contributed by atoms with Crippen LogP contribution in [0.25, 0.3) is 0 Å². The summed E-state index contributed by atoms with van der Waals surface area (Å²) in [7, 11) is 6.33. The molecule has 3 aliphatic heterocycles. The molecule has 0 fully saturated rings. The first kappa shape index (κ1) is 88.0. The summed E-state index contributed by atoms with van der Waals surface area (Å²) in [6.07, 6.45) is -7.95. The molecule has 34 heteroatoms. The number of nitro groups is 2. The smallest absolute Gasteiger partial charge is 0.870 e. The predicted octanol–water partition coefficient (Wildman–Crippen LogP) is 15.0. The van der Waals surface area contributed by atoms with Crippen molar-refractivity contribution in [1.82, 2.24) is 14.7 Å². The van der Waals surface area contributed by atoms with Crippen LogP contribution in [0.3, 0.4) is 0 Å². The molecule has 3 aliphatic rings. The Labute approximate surface area is 670 Å². The Morgan fingerprint density at radius 2 is 0.816 bits per heavy atom. The van der Waals surface area contributed by atoms with Crippen LogP contribution in [0.15, 0.2) is 173 Å². The summed E-state index contributed by atoms with van der Waals surface area (Å²) in [4.78, 5) is 72.7. The molecule has 8 aromatic carbocycles. The average molecular weight is 1950 g/mol. The first-order chi connectivity index (χ1) is 47.8. The van der Waals surface area contributed by atoms with E-state index in [1.807, 2.05) is 66.7 Å². The molecule has 0 aliphatic carbocycles. The first-order valence-corrected chi connectivity index (χ1v) is 41.1. The van der Waals surface area contributed by atoms with Crippen molar-refractivity contribution in [3.63, 3.8) is 0 Å². The number of phenolic OH excluding ortho intramolecular Hbond substituents is 1. The van der Waals surface area contributed by atoms with E-state index < -0.39 is 71.6 Å². The van der Waals surface area contributed by atoms with E-state index in [1.165, 1.54) is 70.8 Å². The molecule has 0 unspecified atom stereocenters. The number of ether oxygens (including phenoxy) is 2. The summed E-state index contributed by atoms with van der Waals surface area (Å²) in [6, 6.07) is 48.7. The van der Waals surface area contributed by atoms with Gasteiger partial charge in [0.15, 0.2) is 0 Å².